The molecule has 53 heavy (non-hydrogen) atoms. The van der Waals surface area contributed by atoms with Crippen LogP contribution in [0.5, 0.6) is 11.5 Å². The van der Waals surface area contributed by atoms with Crippen molar-refractivity contribution in [2.24, 2.45) is 0 Å². The summed E-state index contributed by atoms with van der Waals surface area (Å²) >= 11 is 0. The second-order valence-electron chi connectivity index (χ2n) is 19.8. The smallest absolute Gasteiger partial charge is 0.341 e. The molecule has 1 fully saturated rings. The lowest BCUT2D eigenvalue weighted by Gasteiger charge is -2.39. The van der Waals surface area contributed by atoms with Gasteiger partial charge in [-0.1, -0.05) is 69.7 Å². The van der Waals surface area contributed by atoms with Crippen molar-refractivity contribution in [1.82, 2.24) is 0 Å². The SMILES string of the molecule is CC[N+](CC)(CC)CCCC(C)(CCC[N+](CC)(CC)CC)c1ccc2c(c1)C=[N+]1CC(C)(C)[N+]3=Cc4cc(C(C)(C)C)cc(C(C)(C)C)c4OC13O2. The molecule has 1 saturated heterocycles. The van der Waals surface area contributed by atoms with Crippen LogP contribution in [0.3, 0.4) is 0 Å². The Kier molecular flexibility index (Phi) is 11.5. The van der Waals surface area contributed by atoms with Gasteiger partial charge in [0.2, 0.25) is 12.1 Å². The summed E-state index contributed by atoms with van der Waals surface area (Å²) in [6.07, 6.45) is 9.54. The van der Waals surface area contributed by atoms with E-state index in [1.807, 2.05) is 0 Å². The summed E-state index contributed by atoms with van der Waals surface area (Å²) in [4.78, 5) is 0. The van der Waals surface area contributed by atoms with Crippen molar-refractivity contribution < 1.29 is 27.6 Å². The van der Waals surface area contributed by atoms with Gasteiger partial charge in [0.15, 0.2) is 23.9 Å². The Bertz CT molecular complexity index is 1650. The van der Waals surface area contributed by atoms with Crippen LogP contribution in [0.15, 0.2) is 30.3 Å². The lowest BCUT2D eigenvalue weighted by atomic mass is 9.74. The van der Waals surface area contributed by atoms with Crippen molar-refractivity contribution in [3.63, 3.8) is 0 Å². The number of benzene rings is 2. The van der Waals surface area contributed by atoms with Crippen LogP contribution in [-0.4, -0.2) is 101 Å². The van der Waals surface area contributed by atoms with E-state index in [9.17, 15) is 0 Å². The van der Waals surface area contributed by atoms with Gasteiger partial charge in [-0.25, -0.2) is 0 Å². The zero-order chi connectivity index (χ0) is 39.3. The van der Waals surface area contributed by atoms with Crippen molar-refractivity contribution in [3.8, 4) is 11.5 Å². The Morgan fingerprint density at radius 1 is 0.642 bits per heavy atom. The van der Waals surface area contributed by atoms with E-state index in [4.69, 9.17) is 9.47 Å². The second kappa shape index (κ2) is 14.8. The van der Waals surface area contributed by atoms with Crippen molar-refractivity contribution in [2.75, 3.05) is 58.9 Å². The second-order valence-corrected chi connectivity index (χ2v) is 19.8. The van der Waals surface area contributed by atoms with Gasteiger partial charge in [0.05, 0.1) is 63.5 Å². The van der Waals surface area contributed by atoms with Gasteiger partial charge >= 0.3 is 6.03 Å². The molecule has 3 aliphatic rings. The fourth-order valence-corrected chi connectivity index (χ4v) is 9.60. The van der Waals surface area contributed by atoms with E-state index in [2.05, 4.69) is 156 Å². The van der Waals surface area contributed by atoms with E-state index in [1.54, 1.807) is 0 Å². The number of hydrogen-bond donors (Lipinski definition) is 0. The normalized spacial score (nSPS) is 19.7. The zero-order valence-electron chi connectivity index (χ0n) is 36.8. The number of hydrogen-bond acceptors (Lipinski definition) is 2. The molecule has 2 aromatic rings. The third-order valence-corrected chi connectivity index (χ3v) is 14.2. The van der Waals surface area contributed by atoms with Gasteiger partial charge < -0.3 is 18.4 Å². The Hall–Kier alpha value is -2.70. The first-order valence-corrected chi connectivity index (χ1v) is 21.4. The van der Waals surface area contributed by atoms with Gasteiger partial charge in [-0.3, -0.25) is 0 Å². The molecular weight excluding hydrogens is 653 g/mol. The number of fused-ring (bicyclic) bond motifs is 2. The monoisotopic (exact) mass is 731 g/mol. The average Bonchev–Trinajstić information content (AvgIpc) is 3.33. The molecule has 0 bridgehead atoms. The molecule has 1 atom stereocenters. The first-order valence-electron chi connectivity index (χ1n) is 21.4. The highest BCUT2D eigenvalue weighted by Gasteiger charge is 2.75. The number of rotatable bonds is 15. The van der Waals surface area contributed by atoms with Gasteiger partial charge in [-0.05, 0) is 113 Å². The largest absolute Gasteiger partial charge is 0.704 e. The molecule has 5 rings (SSSR count). The Morgan fingerprint density at radius 2 is 1.17 bits per heavy atom. The maximum atomic E-state index is 7.26. The van der Waals surface area contributed by atoms with Gasteiger partial charge in [0.1, 0.15) is 0 Å². The molecule has 2 aromatic carbocycles. The highest BCUT2D eigenvalue weighted by Crippen LogP contribution is 2.47. The molecule has 0 saturated carbocycles. The molecule has 0 aliphatic carbocycles. The molecule has 3 aliphatic heterocycles. The Labute approximate surface area is 325 Å². The van der Waals surface area contributed by atoms with Crippen molar-refractivity contribution in [1.29, 1.82) is 0 Å². The molecule has 294 valence electrons. The summed E-state index contributed by atoms with van der Waals surface area (Å²) < 4.78 is 21.5. The van der Waals surface area contributed by atoms with Crippen molar-refractivity contribution in [2.45, 2.75) is 157 Å². The maximum Gasteiger partial charge on any atom is 0.704 e. The van der Waals surface area contributed by atoms with Crippen LogP contribution in [0.4, 0.5) is 0 Å². The topological polar surface area (TPSA) is 24.5 Å². The van der Waals surface area contributed by atoms with Gasteiger partial charge in [-0.2, -0.15) is 0 Å². The van der Waals surface area contributed by atoms with Crippen molar-refractivity contribution >= 4 is 12.4 Å². The predicted octanol–water partition coefficient (Wildman–Crippen LogP) is 9.60. The standard InChI is InChI=1S/C47H78N4O2/c1-16-50(17-2,18-3)28-22-26-46(15,27-23-29-51(19-4,20-5)21-6)38-24-25-41-36(30-38)33-48-35-45(13,14)49-34-37-31-39(43(7,8)9)32-40(44(10,11)12)42(37)53-47(48,49)52-41/h24-25,30-34H,16-23,26-29,35H2,1-15H3/q+4. The molecule has 3 heterocycles. The summed E-state index contributed by atoms with van der Waals surface area (Å²) in [5.41, 5.74) is 6.10. The van der Waals surface area contributed by atoms with Crippen LogP contribution in [0.2, 0.25) is 0 Å². The molecule has 0 radical (unpaired) electrons. The van der Waals surface area contributed by atoms with Crippen LogP contribution in [0, 0.1) is 0 Å². The molecule has 6 heteroatoms. The van der Waals surface area contributed by atoms with E-state index in [-0.39, 0.29) is 21.8 Å². The van der Waals surface area contributed by atoms with E-state index in [0.29, 0.717) is 0 Å². The lowest BCUT2D eigenvalue weighted by Crippen LogP contribution is -2.61. The Balaban J connectivity index is 1.54. The molecule has 1 spiro atoms. The van der Waals surface area contributed by atoms with Gasteiger partial charge in [0.25, 0.3) is 0 Å². The first-order chi connectivity index (χ1) is 24.7. The van der Waals surface area contributed by atoms with Crippen LogP contribution < -0.4 is 9.47 Å². The molecular formula is C47H78N4O2+4. The summed E-state index contributed by atoms with van der Waals surface area (Å²) in [5, 5.41) is 0. The maximum absolute atomic E-state index is 7.26. The minimum atomic E-state index is -1.07. The number of nitrogens with zero attached hydrogens (tertiary/aromatic N) is 4. The Morgan fingerprint density at radius 3 is 1.66 bits per heavy atom. The van der Waals surface area contributed by atoms with Crippen LogP contribution in [0.25, 0.3) is 0 Å². The average molecular weight is 731 g/mol. The van der Waals surface area contributed by atoms with E-state index >= 15 is 0 Å². The molecule has 0 N–H and O–H groups in total. The minimum absolute atomic E-state index is 0.0271. The summed E-state index contributed by atoms with van der Waals surface area (Å²) in [5.74, 6) is 1.83. The fraction of sp³-hybridized carbons (Fsp3) is 0.702. The third-order valence-electron chi connectivity index (χ3n) is 14.2. The van der Waals surface area contributed by atoms with E-state index < -0.39 is 6.03 Å². The fourth-order valence-electron chi connectivity index (χ4n) is 9.60. The summed E-state index contributed by atoms with van der Waals surface area (Å²) in [7, 11) is 0. The summed E-state index contributed by atoms with van der Waals surface area (Å²) in [6, 6.07) is 10.7. The number of quaternary nitrogens is 2. The predicted molar refractivity (Wildman–Crippen MR) is 223 cm³/mol. The molecule has 1 unspecified atom stereocenters. The van der Waals surface area contributed by atoms with E-state index in [0.717, 1.165) is 29.2 Å². The van der Waals surface area contributed by atoms with Crippen LogP contribution in [-0.2, 0) is 16.2 Å². The molecule has 0 amide bonds. The first kappa shape index (κ1) is 41.5. The minimum Gasteiger partial charge on any atom is -0.341 e. The molecule has 6 nitrogen and oxygen atoms in total. The third kappa shape index (κ3) is 7.75. The zero-order valence-corrected chi connectivity index (χ0v) is 36.8. The van der Waals surface area contributed by atoms with Gasteiger partial charge in [-0.15, -0.1) is 0 Å². The van der Waals surface area contributed by atoms with Crippen LogP contribution in [0.1, 0.15) is 157 Å². The van der Waals surface area contributed by atoms with Gasteiger partial charge in [0, 0.05) is 19.4 Å². The highest BCUT2D eigenvalue weighted by molar-refractivity contribution is 5.84. The van der Waals surface area contributed by atoms with E-state index in [1.165, 1.54) is 104 Å². The number of ether oxygens (including phenoxy) is 2. The quantitative estimate of drug-likeness (QED) is 0.135. The molecule has 0 aromatic heterocycles. The lowest BCUT2D eigenvalue weighted by molar-refractivity contribution is -0.923. The summed E-state index contributed by atoms with van der Waals surface area (Å²) in [6.45, 7) is 45.7. The van der Waals surface area contributed by atoms with Crippen LogP contribution >= 0.6 is 0 Å². The van der Waals surface area contributed by atoms with Crippen molar-refractivity contribution in [3.05, 3.63) is 58.1 Å². The highest BCUT2D eigenvalue weighted by atomic mass is 16.7.